The van der Waals surface area contributed by atoms with E-state index in [9.17, 15) is 5.11 Å². The van der Waals surface area contributed by atoms with Crippen LogP contribution in [0.2, 0.25) is 0 Å². The molecule has 1 fully saturated rings. The molecule has 7 nitrogen and oxygen atoms in total. The third kappa shape index (κ3) is 6.95. The Bertz CT molecular complexity index is 766. The molecule has 2 heterocycles. The van der Waals surface area contributed by atoms with E-state index in [1.807, 2.05) is 42.6 Å². The van der Waals surface area contributed by atoms with Crippen LogP contribution < -0.4 is 9.47 Å². The van der Waals surface area contributed by atoms with Gasteiger partial charge in [0.2, 0.25) is 0 Å². The second-order valence-electron chi connectivity index (χ2n) is 8.05. The first kappa shape index (κ1) is 22.5. The number of piperazine rings is 1. The smallest absolute Gasteiger partial charge is 0.161 e. The van der Waals surface area contributed by atoms with Crippen molar-refractivity contribution >= 4 is 0 Å². The zero-order valence-electron chi connectivity index (χ0n) is 18.3. The predicted molar refractivity (Wildman–Crippen MR) is 118 cm³/mol. The van der Waals surface area contributed by atoms with E-state index in [1.165, 1.54) is 0 Å². The van der Waals surface area contributed by atoms with Crippen molar-refractivity contribution in [2.75, 3.05) is 60.5 Å². The molecule has 1 aliphatic heterocycles. The van der Waals surface area contributed by atoms with Crippen LogP contribution in [-0.4, -0.2) is 91.4 Å². The number of hydrogen-bond acceptors (Lipinski definition) is 7. The first-order valence-corrected chi connectivity index (χ1v) is 10.5. The van der Waals surface area contributed by atoms with Gasteiger partial charge in [-0.05, 0) is 43.9 Å². The van der Waals surface area contributed by atoms with Gasteiger partial charge in [-0.25, -0.2) is 0 Å². The number of pyridine rings is 1. The molecule has 30 heavy (non-hydrogen) atoms. The molecular weight excluding hydrogens is 380 g/mol. The maximum Gasteiger partial charge on any atom is 0.161 e. The van der Waals surface area contributed by atoms with Crippen molar-refractivity contribution in [2.24, 2.45) is 0 Å². The summed E-state index contributed by atoms with van der Waals surface area (Å²) < 4.78 is 11.4. The van der Waals surface area contributed by atoms with Crippen LogP contribution in [0.4, 0.5) is 0 Å². The monoisotopic (exact) mass is 414 g/mol. The van der Waals surface area contributed by atoms with E-state index in [2.05, 4.69) is 33.8 Å². The zero-order valence-corrected chi connectivity index (χ0v) is 18.3. The molecule has 0 spiro atoms. The van der Waals surface area contributed by atoms with Crippen molar-refractivity contribution in [1.82, 2.24) is 19.7 Å². The molecule has 164 valence electrons. The van der Waals surface area contributed by atoms with Gasteiger partial charge >= 0.3 is 0 Å². The molecule has 0 bridgehead atoms. The summed E-state index contributed by atoms with van der Waals surface area (Å²) in [4.78, 5) is 11.2. The molecule has 1 N–H and O–H groups in total. The first-order chi connectivity index (χ1) is 14.5. The number of benzene rings is 1. The van der Waals surface area contributed by atoms with Crippen molar-refractivity contribution in [3.05, 3.63) is 53.9 Å². The number of hydrogen-bond donors (Lipinski definition) is 1. The van der Waals surface area contributed by atoms with Gasteiger partial charge in [0.1, 0.15) is 12.7 Å². The summed E-state index contributed by atoms with van der Waals surface area (Å²) in [5.41, 5.74) is 2.16. The number of ether oxygens (including phenoxy) is 2. The minimum absolute atomic E-state index is 0.246. The maximum atomic E-state index is 10.4. The van der Waals surface area contributed by atoms with E-state index in [0.29, 0.717) is 18.0 Å². The number of likely N-dealkylation sites (N-methyl/N-ethyl adjacent to an activating group) is 1. The maximum absolute atomic E-state index is 10.4. The highest BCUT2D eigenvalue weighted by atomic mass is 16.5. The van der Waals surface area contributed by atoms with Gasteiger partial charge in [0, 0.05) is 52.0 Å². The fourth-order valence-corrected chi connectivity index (χ4v) is 3.64. The van der Waals surface area contributed by atoms with Crippen molar-refractivity contribution in [2.45, 2.75) is 19.2 Å². The molecule has 1 aromatic heterocycles. The third-order valence-corrected chi connectivity index (χ3v) is 5.33. The van der Waals surface area contributed by atoms with Gasteiger partial charge in [-0.2, -0.15) is 0 Å². The minimum Gasteiger partial charge on any atom is -0.493 e. The molecule has 7 heteroatoms. The molecule has 0 unspecified atom stereocenters. The van der Waals surface area contributed by atoms with E-state index in [4.69, 9.17) is 9.47 Å². The summed E-state index contributed by atoms with van der Waals surface area (Å²) in [7, 11) is 5.83. The molecule has 2 aromatic rings. The molecule has 0 aliphatic carbocycles. The highest BCUT2D eigenvalue weighted by Gasteiger charge is 2.18. The van der Waals surface area contributed by atoms with E-state index < -0.39 is 6.10 Å². The molecule has 1 aromatic carbocycles. The van der Waals surface area contributed by atoms with E-state index in [1.54, 1.807) is 7.11 Å². The van der Waals surface area contributed by atoms with Crippen LogP contribution >= 0.6 is 0 Å². The van der Waals surface area contributed by atoms with Crippen molar-refractivity contribution < 1.29 is 14.6 Å². The number of β-amino-alcohol motifs (C(OH)–C–C–N with tert-alkyl or cyclic N) is 1. The molecule has 3 rings (SSSR count). The Labute approximate surface area is 179 Å². The summed E-state index contributed by atoms with van der Waals surface area (Å²) in [5.74, 6) is 1.34. The number of nitrogens with zero attached hydrogens (tertiary/aromatic N) is 4. The Balaban J connectivity index is 1.53. The summed E-state index contributed by atoms with van der Waals surface area (Å²) in [6, 6.07) is 11.9. The molecular formula is C23H34N4O3. The third-order valence-electron chi connectivity index (χ3n) is 5.33. The van der Waals surface area contributed by atoms with Gasteiger partial charge in [0.05, 0.1) is 12.8 Å². The van der Waals surface area contributed by atoms with Gasteiger partial charge in [-0.15, -0.1) is 0 Å². The second kappa shape index (κ2) is 11.3. The normalized spacial score (nSPS) is 16.6. The highest BCUT2D eigenvalue weighted by Crippen LogP contribution is 2.29. The van der Waals surface area contributed by atoms with Crippen LogP contribution in [0, 0.1) is 0 Å². The van der Waals surface area contributed by atoms with Crippen LogP contribution in [-0.2, 0) is 13.1 Å². The lowest BCUT2D eigenvalue weighted by molar-refractivity contribution is 0.0497. The molecule has 0 amide bonds. The van der Waals surface area contributed by atoms with E-state index >= 15 is 0 Å². The minimum atomic E-state index is -0.534. The number of aliphatic hydroxyl groups is 1. The predicted octanol–water partition coefficient (Wildman–Crippen LogP) is 1.71. The lowest BCUT2D eigenvalue weighted by atomic mass is 10.2. The van der Waals surface area contributed by atoms with E-state index in [0.717, 1.165) is 50.5 Å². The van der Waals surface area contributed by atoms with Gasteiger partial charge < -0.3 is 19.5 Å². The lowest BCUT2D eigenvalue weighted by Gasteiger charge is -2.33. The standard InChI is InChI=1S/C23H34N4O3/c1-25-10-12-27(13-11-25)17-21(28)18-30-23-14-19(7-8-22(23)29-3)15-26(2)16-20-6-4-5-9-24-20/h4-9,14,21,28H,10-13,15-18H2,1-3H3/t21-/m1/s1. The Morgan fingerprint density at radius 2 is 1.90 bits per heavy atom. The SMILES string of the molecule is COc1ccc(CN(C)Cc2ccccn2)cc1OC[C@H](O)CN1CCN(C)CC1. The Morgan fingerprint density at radius 1 is 1.10 bits per heavy atom. The molecule has 1 saturated heterocycles. The second-order valence-corrected chi connectivity index (χ2v) is 8.05. The van der Waals surface area contributed by atoms with Crippen molar-refractivity contribution in [3.8, 4) is 11.5 Å². The lowest BCUT2D eigenvalue weighted by Crippen LogP contribution is -2.47. The van der Waals surface area contributed by atoms with Crippen molar-refractivity contribution in [3.63, 3.8) is 0 Å². The zero-order chi connectivity index (χ0) is 21.3. The average Bonchev–Trinajstić information content (AvgIpc) is 2.74. The first-order valence-electron chi connectivity index (χ1n) is 10.5. The topological polar surface area (TPSA) is 61.3 Å². The molecule has 0 saturated carbocycles. The summed E-state index contributed by atoms with van der Waals surface area (Å²) in [5, 5.41) is 10.4. The highest BCUT2D eigenvalue weighted by molar-refractivity contribution is 5.43. The summed E-state index contributed by atoms with van der Waals surface area (Å²) in [6.45, 7) is 6.45. The van der Waals surface area contributed by atoms with Crippen LogP contribution in [0.5, 0.6) is 11.5 Å². The number of aromatic nitrogens is 1. The fraction of sp³-hybridized carbons (Fsp3) is 0.522. The van der Waals surface area contributed by atoms with E-state index in [-0.39, 0.29) is 6.61 Å². The van der Waals surface area contributed by atoms with Crippen LogP contribution in [0.15, 0.2) is 42.6 Å². The van der Waals surface area contributed by atoms with Crippen molar-refractivity contribution in [1.29, 1.82) is 0 Å². The van der Waals surface area contributed by atoms with Gasteiger partial charge in [-0.1, -0.05) is 12.1 Å². The Morgan fingerprint density at radius 3 is 2.60 bits per heavy atom. The Hall–Kier alpha value is -2.19. The number of rotatable bonds is 10. The van der Waals surface area contributed by atoms with Crippen LogP contribution in [0.3, 0.4) is 0 Å². The largest absolute Gasteiger partial charge is 0.493 e. The van der Waals surface area contributed by atoms with Gasteiger partial charge in [0.15, 0.2) is 11.5 Å². The van der Waals surface area contributed by atoms with Gasteiger partial charge in [0.25, 0.3) is 0 Å². The van der Waals surface area contributed by atoms with Crippen LogP contribution in [0.25, 0.3) is 0 Å². The number of methoxy groups -OCH3 is 1. The molecule has 1 atom stereocenters. The fourth-order valence-electron chi connectivity index (χ4n) is 3.64. The van der Waals surface area contributed by atoms with Gasteiger partial charge in [-0.3, -0.25) is 14.8 Å². The van der Waals surface area contributed by atoms with Crippen LogP contribution in [0.1, 0.15) is 11.3 Å². The summed E-state index contributed by atoms with van der Waals surface area (Å²) in [6.07, 6.45) is 1.28. The Kier molecular flexibility index (Phi) is 8.45. The molecule has 1 aliphatic rings. The molecule has 0 radical (unpaired) electrons. The quantitative estimate of drug-likeness (QED) is 0.635. The summed E-state index contributed by atoms with van der Waals surface area (Å²) >= 11 is 0. The number of aliphatic hydroxyl groups excluding tert-OH is 1. The average molecular weight is 415 g/mol.